The van der Waals surface area contributed by atoms with Crippen molar-refractivity contribution < 1.29 is 0 Å². The number of imidazole rings is 1. The van der Waals surface area contributed by atoms with Crippen molar-refractivity contribution in [1.82, 2.24) is 14.1 Å². The molecule has 0 aliphatic carbocycles. The highest BCUT2D eigenvalue weighted by molar-refractivity contribution is 9.10. The van der Waals surface area contributed by atoms with E-state index < -0.39 is 0 Å². The minimum absolute atomic E-state index is 0.936. The Morgan fingerprint density at radius 2 is 2.43 bits per heavy atom. The molecular weight excluding hydrogens is 262 g/mol. The standard InChI is InChI=1S/C9H10BrN3S/c1-2-12-14-9-5-11-8-4-3-7(10)6-13(8)9/h3-6,12H,2H2,1H3. The van der Waals surface area contributed by atoms with E-state index in [0.29, 0.717) is 0 Å². The van der Waals surface area contributed by atoms with Crippen molar-refractivity contribution in [3.63, 3.8) is 0 Å². The molecule has 74 valence electrons. The van der Waals surface area contributed by atoms with Gasteiger partial charge in [0.2, 0.25) is 0 Å². The van der Waals surface area contributed by atoms with Gasteiger partial charge >= 0.3 is 0 Å². The number of hydrogen-bond donors (Lipinski definition) is 1. The Bertz CT molecular complexity index is 441. The molecule has 0 unspecified atom stereocenters. The molecular formula is C9H10BrN3S. The fraction of sp³-hybridized carbons (Fsp3) is 0.222. The normalized spacial score (nSPS) is 11.0. The minimum atomic E-state index is 0.936. The monoisotopic (exact) mass is 271 g/mol. The van der Waals surface area contributed by atoms with Gasteiger partial charge in [-0.2, -0.15) is 0 Å². The smallest absolute Gasteiger partial charge is 0.137 e. The topological polar surface area (TPSA) is 29.3 Å². The molecule has 0 fully saturated rings. The van der Waals surface area contributed by atoms with Crippen LogP contribution in [0, 0.1) is 0 Å². The van der Waals surface area contributed by atoms with Crippen LogP contribution in [0.5, 0.6) is 0 Å². The number of pyridine rings is 1. The molecule has 3 nitrogen and oxygen atoms in total. The molecule has 5 heteroatoms. The van der Waals surface area contributed by atoms with Gasteiger partial charge in [-0.25, -0.2) is 4.98 Å². The molecule has 2 aromatic heterocycles. The maximum Gasteiger partial charge on any atom is 0.137 e. The van der Waals surface area contributed by atoms with E-state index in [1.165, 1.54) is 0 Å². The van der Waals surface area contributed by atoms with Gasteiger partial charge in [-0.05, 0) is 40.0 Å². The Labute approximate surface area is 95.2 Å². The average molecular weight is 272 g/mol. The summed E-state index contributed by atoms with van der Waals surface area (Å²) in [5.74, 6) is 0. The maximum absolute atomic E-state index is 4.29. The van der Waals surface area contributed by atoms with Gasteiger partial charge in [0.1, 0.15) is 10.7 Å². The number of rotatable bonds is 3. The van der Waals surface area contributed by atoms with Gasteiger partial charge < -0.3 is 0 Å². The summed E-state index contributed by atoms with van der Waals surface area (Å²) in [5, 5.41) is 1.10. The number of nitrogens with zero attached hydrogens (tertiary/aromatic N) is 2. The van der Waals surface area contributed by atoms with Crippen molar-refractivity contribution in [2.24, 2.45) is 0 Å². The predicted octanol–water partition coefficient (Wildman–Crippen LogP) is 2.71. The first-order valence-corrected chi connectivity index (χ1v) is 5.94. The minimum Gasteiger partial charge on any atom is -0.293 e. The predicted molar refractivity (Wildman–Crippen MR) is 62.4 cm³/mol. The van der Waals surface area contributed by atoms with E-state index in [2.05, 4.69) is 37.0 Å². The molecule has 0 radical (unpaired) electrons. The number of halogens is 1. The third kappa shape index (κ3) is 1.94. The van der Waals surface area contributed by atoms with Crippen LogP contribution < -0.4 is 4.72 Å². The lowest BCUT2D eigenvalue weighted by Crippen LogP contribution is -2.01. The number of aromatic nitrogens is 2. The first-order valence-electron chi connectivity index (χ1n) is 4.33. The molecule has 0 aromatic carbocycles. The summed E-state index contributed by atoms with van der Waals surface area (Å²) in [7, 11) is 0. The van der Waals surface area contributed by atoms with E-state index in [9.17, 15) is 0 Å². The van der Waals surface area contributed by atoms with Crippen molar-refractivity contribution >= 4 is 33.5 Å². The summed E-state index contributed by atoms with van der Waals surface area (Å²) < 4.78 is 6.31. The first kappa shape index (κ1) is 10.0. The Morgan fingerprint density at radius 3 is 3.21 bits per heavy atom. The largest absolute Gasteiger partial charge is 0.293 e. The van der Waals surface area contributed by atoms with E-state index in [0.717, 1.165) is 21.7 Å². The van der Waals surface area contributed by atoms with Crippen LogP contribution in [-0.4, -0.2) is 15.9 Å². The molecule has 14 heavy (non-hydrogen) atoms. The molecule has 2 heterocycles. The number of fused-ring (bicyclic) bond motifs is 1. The zero-order valence-corrected chi connectivity index (χ0v) is 10.1. The van der Waals surface area contributed by atoms with Crippen LogP contribution in [0.4, 0.5) is 0 Å². The second-order valence-electron chi connectivity index (χ2n) is 2.77. The summed E-state index contributed by atoms with van der Waals surface area (Å²) in [6.07, 6.45) is 3.89. The molecule has 0 saturated carbocycles. The third-order valence-corrected chi connectivity index (χ3v) is 3.17. The van der Waals surface area contributed by atoms with E-state index in [1.807, 2.05) is 24.5 Å². The summed E-state index contributed by atoms with van der Waals surface area (Å²) in [4.78, 5) is 4.29. The van der Waals surface area contributed by atoms with Crippen LogP contribution in [0.1, 0.15) is 6.92 Å². The van der Waals surface area contributed by atoms with Gasteiger partial charge in [-0.3, -0.25) is 9.12 Å². The summed E-state index contributed by atoms with van der Waals surface area (Å²) in [5.41, 5.74) is 0.966. The van der Waals surface area contributed by atoms with Crippen molar-refractivity contribution in [2.75, 3.05) is 6.54 Å². The van der Waals surface area contributed by atoms with E-state index in [4.69, 9.17) is 0 Å². The molecule has 0 spiro atoms. The van der Waals surface area contributed by atoms with E-state index >= 15 is 0 Å². The van der Waals surface area contributed by atoms with Gasteiger partial charge in [-0.1, -0.05) is 6.92 Å². The molecule has 0 amide bonds. The van der Waals surface area contributed by atoms with Crippen molar-refractivity contribution in [3.8, 4) is 0 Å². The fourth-order valence-corrected chi connectivity index (χ4v) is 2.13. The molecule has 0 saturated heterocycles. The van der Waals surface area contributed by atoms with E-state index in [1.54, 1.807) is 11.9 Å². The molecule has 0 bridgehead atoms. The van der Waals surface area contributed by atoms with Crippen molar-refractivity contribution in [1.29, 1.82) is 0 Å². The molecule has 0 atom stereocenters. The van der Waals surface area contributed by atoms with Crippen LogP contribution in [-0.2, 0) is 0 Å². The Balaban J connectivity index is 2.40. The molecule has 2 rings (SSSR count). The molecule has 1 N–H and O–H groups in total. The summed E-state index contributed by atoms with van der Waals surface area (Å²) >= 11 is 5.04. The third-order valence-electron chi connectivity index (χ3n) is 1.76. The Morgan fingerprint density at radius 1 is 1.57 bits per heavy atom. The second kappa shape index (κ2) is 4.33. The van der Waals surface area contributed by atoms with Crippen LogP contribution in [0.3, 0.4) is 0 Å². The highest BCUT2D eigenvalue weighted by Gasteiger charge is 2.02. The average Bonchev–Trinajstić information content (AvgIpc) is 2.57. The summed E-state index contributed by atoms with van der Waals surface area (Å²) in [6.45, 7) is 3.01. The lowest BCUT2D eigenvalue weighted by Gasteiger charge is -2.01. The number of nitrogens with one attached hydrogen (secondary N) is 1. The first-order chi connectivity index (χ1) is 6.81. The highest BCUT2D eigenvalue weighted by Crippen LogP contribution is 2.19. The van der Waals surface area contributed by atoms with Gasteiger partial charge in [0.15, 0.2) is 0 Å². The van der Waals surface area contributed by atoms with Crippen LogP contribution >= 0.6 is 27.9 Å². The van der Waals surface area contributed by atoms with Gasteiger partial charge in [0.25, 0.3) is 0 Å². The molecule has 0 aliphatic heterocycles. The lowest BCUT2D eigenvalue weighted by molar-refractivity contribution is 0.995. The van der Waals surface area contributed by atoms with Crippen LogP contribution in [0.15, 0.2) is 34.0 Å². The van der Waals surface area contributed by atoms with Crippen molar-refractivity contribution in [3.05, 3.63) is 29.0 Å². The maximum atomic E-state index is 4.29. The fourth-order valence-electron chi connectivity index (χ4n) is 1.15. The zero-order valence-electron chi connectivity index (χ0n) is 7.70. The van der Waals surface area contributed by atoms with E-state index in [-0.39, 0.29) is 0 Å². The summed E-state index contributed by atoms with van der Waals surface area (Å²) in [6, 6.07) is 3.98. The van der Waals surface area contributed by atoms with Crippen molar-refractivity contribution in [2.45, 2.75) is 11.9 Å². The van der Waals surface area contributed by atoms with Gasteiger partial charge in [0.05, 0.1) is 6.20 Å². The second-order valence-corrected chi connectivity index (χ2v) is 4.60. The SMILES string of the molecule is CCNSc1cnc2ccc(Br)cn12. The Hall–Kier alpha value is -0.520. The lowest BCUT2D eigenvalue weighted by atomic mass is 10.5. The highest BCUT2D eigenvalue weighted by atomic mass is 79.9. The molecule has 2 aromatic rings. The van der Waals surface area contributed by atoms with Gasteiger partial charge in [-0.15, -0.1) is 0 Å². The zero-order chi connectivity index (χ0) is 9.97. The van der Waals surface area contributed by atoms with Crippen LogP contribution in [0.25, 0.3) is 5.65 Å². The quantitative estimate of drug-likeness (QED) is 0.871. The molecule has 0 aliphatic rings. The van der Waals surface area contributed by atoms with Crippen LogP contribution in [0.2, 0.25) is 0 Å². The Kier molecular flexibility index (Phi) is 3.10. The number of hydrogen-bond acceptors (Lipinski definition) is 3. The van der Waals surface area contributed by atoms with Gasteiger partial charge in [0, 0.05) is 17.2 Å².